The number of carbonyl (C=O) groups excluding carboxylic acids is 1. The number of Topliss-reactive ketones (excluding diaryl/α,β-unsaturated/α-hetero) is 1. The van der Waals surface area contributed by atoms with E-state index in [9.17, 15) is 9.18 Å². The molecule has 94 valence electrons. The normalized spacial score (nSPS) is 16.6. The van der Waals surface area contributed by atoms with Crippen molar-refractivity contribution in [2.45, 2.75) is 31.6 Å². The second kappa shape index (κ2) is 5.25. The fourth-order valence-electron chi connectivity index (χ4n) is 2.58. The lowest BCUT2D eigenvalue weighted by molar-refractivity contribution is -0.120. The summed E-state index contributed by atoms with van der Waals surface area (Å²) in [5.74, 6) is 0.225. The molecule has 0 heterocycles. The number of aliphatic imine (C=N–C) groups is 1. The maximum absolute atomic E-state index is 13.6. The van der Waals surface area contributed by atoms with E-state index in [4.69, 9.17) is 0 Å². The number of rotatable bonds is 3. The molecule has 1 aliphatic rings. The van der Waals surface area contributed by atoms with E-state index in [1.54, 1.807) is 12.1 Å². The summed E-state index contributed by atoms with van der Waals surface area (Å²) in [4.78, 5) is 15.0. The molecular weight excluding hydrogens is 229 g/mol. The van der Waals surface area contributed by atoms with Crippen LogP contribution in [0.15, 0.2) is 23.7 Å². The van der Waals surface area contributed by atoms with Crippen molar-refractivity contribution in [1.29, 1.82) is 0 Å². The van der Waals surface area contributed by atoms with Crippen molar-refractivity contribution in [2.75, 3.05) is 0 Å². The van der Waals surface area contributed by atoms with E-state index in [2.05, 4.69) is 18.3 Å². The Labute approximate surface area is 106 Å². The quantitative estimate of drug-likeness (QED) is 0.739. The van der Waals surface area contributed by atoms with Crippen LogP contribution in [0.5, 0.6) is 0 Å². The van der Waals surface area contributed by atoms with Crippen molar-refractivity contribution in [3.8, 4) is 0 Å². The molecule has 3 heteroatoms. The highest BCUT2D eigenvalue weighted by Gasteiger charge is 2.23. The third kappa shape index (κ3) is 2.26. The average Bonchev–Trinajstić information content (AvgIpc) is 2.39. The Morgan fingerprint density at radius 3 is 2.56 bits per heavy atom. The van der Waals surface area contributed by atoms with Gasteiger partial charge in [-0.1, -0.05) is 18.7 Å². The molecule has 0 radical (unpaired) electrons. The van der Waals surface area contributed by atoms with Gasteiger partial charge >= 0.3 is 0 Å². The molecule has 0 bridgehead atoms. The van der Waals surface area contributed by atoms with E-state index in [1.165, 1.54) is 6.07 Å². The van der Waals surface area contributed by atoms with Crippen molar-refractivity contribution < 1.29 is 9.18 Å². The molecule has 0 aromatic heterocycles. The van der Waals surface area contributed by atoms with Crippen LogP contribution >= 0.6 is 0 Å². The summed E-state index contributed by atoms with van der Waals surface area (Å²) in [5.41, 5.74) is 2.00. The van der Waals surface area contributed by atoms with Gasteiger partial charge in [-0.15, -0.1) is 0 Å². The summed E-state index contributed by atoms with van der Waals surface area (Å²) in [5, 5.41) is 0. The molecule has 1 saturated carbocycles. The zero-order chi connectivity index (χ0) is 13.1. The molecule has 0 N–H and O–H groups in total. The summed E-state index contributed by atoms with van der Waals surface area (Å²) in [6.07, 6.45) is 4.48. The molecule has 0 saturated heterocycles. The van der Waals surface area contributed by atoms with Crippen molar-refractivity contribution >= 4 is 24.3 Å². The molecule has 0 spiro atoms. The van der Waals surface area contributed by atoms with Crippen molar-refractivity contribution in [3.63, 3.8) is 0 Å². The number of ketones is 1. The minimum Gasteiger partial charge on any atom is -0.300 e. The van der Waals surface area contributed by atoms with Gasteiger partial charge in [0.05, 0.1) is 0 Å². The molecule has 0 amide bonds. The number of carbonyl (C=O) groups is 1. The fourth-order valence-corrected chi connectivity index (χ4v) is 2.58. The van der Waals surface area contributed by atoms with Crippen LogP contribution in [-0.2, 0) is 4.79 Å². The summed E-state index contributed by atoms with van der Waals surface area (Å²) in [6.45, 7) is 7.14. The standard InChI is InChI=1S/C15H16FNO/c1-3-12-13(8-9-14(16)15(12)17-2)10-4-6-11(18)7-5-10/h3,8-10H,1-2,4-7H2. The molecule has 1 aromatic rings. The zero-order valence-corrected chi connectivity index (χ0v) is 10.3. The number of hydrogen-bond donors (Lipinski definition) is 0. The molecule has 0 unspecified atom stereocenters. The highest BCUT2D eigenvalue weighted by atomic mass is 19.1. The van der Waals surface area contributed by atoms with Crippen molar-refractivity contribution in [3.05, 3.63) is 35.7 Å². The predicted octanol–water partition coefficient (Wildman–Crippen LogP) is 4.03. The van der Waals surface area contributed by atoms with Crippen LogP contribution < -0.4 is 0 Å². The lowest BCUT2D eigenvalue weighted by Gasteiger charge is -2.23. The Balaban J connectivity index is 2.41. The Hall–Kier alpha value is -1.77. The molecule has 2 nitrogen and oxygen atoms in total. The first-order valence-corrected chi connectivity index (χ1v) is 6.10. The fraction of sp³-hybridized carbons (Fsp3) is 0.333. The second-order valence-corrected chi connectivity index (χ2v) is 4.57. The van der Waals surface area contributed by atoms with Crippen molar-refractivity contribution in [1.82, 2.24) is 0 Å². The third-order valence-electron chi connectivity index (χ3n) is 3.55. The monoisotopic (exact) mass is 245 g/mol. The molecular formula is C15H16FNO. The van der Waals surface area contributed by atoms with Crippen LogP contribution in [-0.4, -0.2) is 12.5 Å². The van der Waals surface area contributed by atoms with E-state index >= 15 is 0 Å². The first-order chi connectivity index (χ1) is 8.67. The van der Waals surface area contributed by atoms with E-state index in [1.807, 2.05) is 0 Å². The van der Waals surface area contributed by atoms with Gasteiger partial charge in [0.2, 0.25) is 0 Å². The third-order valence-corrected chi connectivity index (χ3v) is 3.55. The molecule has 1 aliphatic carbocycles. The van der Waals surface area contributed by atoms with E-state index in [-0.39, 0.29) is 17.4 Å². The lowest BCUT2D eigenvalue weighted by Crippen LogP contribution is -2.13. The SMILES string of the molecule is C=Cc1c(C2CCC(=O)CC2)ccc(F)c1N=C. The average molecular weight is 245 g/mol. The minimum absolute atomic E-state index is 0.263. The predicted molar refractivity (Wildman–Crippen MR) is 71.9 cm³/mol. The second-order valence-electron chi connectivity index (χ2n) is 4.57. The zero-order valence-electron chi connectivity index (χ0n) is 10.3. The molecule has 18 heavy (non-hydrogen) atoms. The van der Waals surface area contributed by atoms with E-state index in [0.717, 1.165) is 18.4 Å². The largest absolute Gasteiger partial charge is 0.300 e. The van der Waals surface area contributed by atoms with Crippen molar-refractivity contribution in [2.24, 2.45) is 4.99 Å². The van der Waals surface area contributed by atoms with Gasteiger partial charge in [-0.05, 0) is 37.1 Å². The lowest BCUT2D eigenvalue weighted by atomic mass is 9.81. The maximum atomic E-state index is 13.6. The highest BCUT2D eigenvalue weighted by molar-refractivity contribution is 5.79. The number of nitrogens with zero attached hydrogens (tertiary/aromatic N) is 1. The topological polar surface area (TPSA) is 29.4 Å². The Morgan fingerprint density at radius 2 is 2.00 bits per heavy atom. The molecule has 1 aromatic carbocycles. The molecule has 1 fully saturated rings. The first kappa shape index (κ1) is 12.7. The van der Waals surface area contributed by atoms with E-state index < -0.39 is 0 Å². The molecule has 0 aliphatic heterocycles. The van der Waals surface area contributed by atoms with Gasteiger partial charge in [0.15, 0.2) is 0 Å². The van der Waals surface area contributed by atoms with Crippen LogP contribution in [0, 0.1) is 5.82 Å². The number of halogens is 1. The minimum atomic E-state index is -0.379. The summed E-state index contributed by atoms with van der Waals surface area (Å²) < 4.78 is 13.6. The summed E-state index contributed by atoms with van der Waals surface area (Å²) in [6, 6.07) is 3.20. The number of hydrogen-bond acceptors (Lipinski definition) is 2. The molecule has 0 atom stereocenters. The smallest absolute Gasteiger partial charge is 0.149 e. The Morgan fingerprint density at radius 1 is 1.33 bits per heavy atom. The first-order valence-electron chi connectivity index (χ1n) is 6.10. The van der Waals surface area contributed by atoms with Crippen LogP contribution in [0.3, 0.4) is 0 Å². The van der Waals surface area contributed by atoms with E-state index in [0.29, 0.717) is 24.2 Å². The van der Waals surface area contributed by atoms with Gasteiger partial charge in [0, 0.05) is 18.4 Å². The van der Waals surface area contributed by atoms with Gasteiger partial charge < -0.3 is 0 Å². The van der Waals surface area contributed by atoms with Gasteiger partial charge in [0.25, 0.3) is 0 Å². The van der Waals surface area contributed by atoms with Gasteiger partial charge in [0.1, 0.15) is 17.3 Å². The Kier molecular flexibility index (Phi) is 3.70. The highest BCUT2D eigenvalue weighted by Crippen LogP contribution is 2.37. The van der Waals surface area contributed by atoms with Crippen LogP contribution in [0.1, 0.15) is 42.7 Å². The summed E-state index contributed by atoms with van der Waals surface area (Å²) in [7, 11) is 0. The summed E-state index contributed by atoms with van der Waals surface area (Å²) >= 11 is 0. The molecule has 2 rings (SSSR count). The van der Waals surface area contributed by atoms with Gasteiger partial charge in [-0.3, -0.25) is 9.79 Å². The van der Waals surface area contributed by atoms with Crippen LogP contribution in [0.25, 0.3) is 6.08 Å². The maximum Gasteiger partial charge on any atom is 0.149 e. The van der Waals surface area contributed by atoms with Gasteiger partial charge in [-0.2, -0.15) is 0 Å². The Bertz CT molecular complexity index is 497. The number of benzene rings is 1. The van der Waals surface area contributed by atoms with Crippen LogP contribution in [0.4, 0.5) is 10.1 Å². The van der Waals surface area contributed by atoms with Gasteiger partial charge in [-0.25, -0.2) is 4.39 Å². The van der Waals surface area contributed by atoms with Crippen LogP contribution in [0.2, 0.25) is 0 Å².